The van der Waals surface area contributed by atoms with Crippen LogP contribution in [-0.2, 0) is 14.8 Å². The minimum absolute atomic E-state index is 0.132. The Hall–Kier alpha value is -2.00. The lowest BCUT2D eigenvalue weighted by Gasteiger charge is -2.17. The van der Waals surface area contributed by atoms with Gasteiger partial charge in [-0.05, 0) is 49.7 Å². The van der Waals surface area contributed by atoms with Crippen LogP contribution in [0.3, 0.4) is 0 Å². The van der Waals surface area contributed by atoms with E-state index in [9.17, 15) is 13.2 Å². The number of carbonyl (C=O) groups excluding carboxylic acids is 1. The molecule has 3 rings (SSSR count). The highest BCUT2D eigenvalue weighted by Crippen LogP contribution is 2.26. The number of nitrogens with one attached hydrogen (secondary N) is 1. The molecule has 0 aliphatic carbocycles. The molecule has 1 heterocycles. The van der Waals surface area contributed by atoms with Crippen molar-refractivity contribution in [3.8, 4) is 0 Å². The maximum Gasteiger partial charge on any atom is 0.243 e. The van der Waals surface area contributed by atoms with E-state index in [-0.39, 0.29) is 11.4 Å². The molecule has 6 nitrogen and oxygen atoms in total. The fourth-order valence-corrected chi connectivity index (χ4v) is 4.79. The summed E-state index contributed by atoms with van der Waals surface area (Å²) >= 11 is 7.47. The van der Waals surface area contributed by atoms with Gasteiger partial charge in [-0.1, -0.05) is 17.7 Å². The lowest BCUT2D eigenvalue weighted by molar-refractivity contribution is -0.116. The molecule has 0 saturated heterocycles. The molecule has 3 aromatic rings. The molecular weight excluding hydrogens is 406 g/mol. The number of anilines is 1. The average Bonchev–Trinajstić information content (AvgIpc) is 2.97. The van der Waals surface area contributed by atoms with Crippen LogP contribution in [0.15, 0.2) is 41.3 Å². The van der Waals surface area contributed by atoms with E-state index in [1.165, 1.54) is 24.5 Å². The van der Waals surface area contributed by atoms with E-state index in [0.717, 1.165) is 25.1 Å². The number of fused-ring (bicyclic) bond motifs is 1. The number of halogens is 1. The monoisotopic (exact) mass is 423 g/mol. The number of nitrogens with zero attached hydrogens (tertiary/aromatic N) is 2. The Balaban J connectivity index is 1.75. The lowest BCUT2D eigenvalue weighted by atomic mass is 10.2. The first kappa shape index (κ1) is 19.8. The van der Waals surface area contributed by atoms with Crippen LogP contribution in [0.4, 0.5) is 5.69 Å². The third-order valence-corrected chi connectivity index (χ3v) is 7.14. The van der Waals surface area contributed by atoms with E-state index in [2.05, 4.69) is 10.3 Å². The smallest absolute Gasteiger partial charge is 0.243 e. The summed E-state index contributed by atoms with van der Waals surface area (Å²) in [4.78, 5) is 16.7. The third kappa shape index (κ3) is 4.30. The number of aromatic nitrogens is 1. The second kappa shape index (κ2) is 7.55. The van der Waals surface area contributed by atoms with Crippen molar-refractivity contribution in [3.05, 3.63) is 52.0 Å². The van der Waals surface area contributed by atoms with E-state index in [4.69, 9.17) is 11.6 Å². The van der Waals surface area contributed by atoms with Gasteiger partial charge in [-0.2, -0.15) is 4.31 Å². The summed E-state index contributed by atoms with van der Waals surface area (Å²) in [6, 6.07) is 9.89. The number of sulfonamides is 1. The van der Waals surface area contributed by atoms with Crippen LogP contribution >= 0.6 is 22.9 Å². The van der Waals surface area contributed by atoms with E-state index < -0.39 is 15.9 Å². The third-order valence-electron chi connectivity index (χ3n) is 4.00. The second-order valence-corrected chi connectivity index (χ2v) is 9.82. The summed E-state index contributed by atoms with van der Waals surface area (Å²) in [5.74, 6) is -0.448. The largest absolute Gasteiger partial charge is 0.325 e. The molecule has 0 spiro atoms. The van der Waals surface area contributed by atoms with Crippen LogP contribution < -0.4 is 5.32 Å². The molecule has 2 aromatic carbocycles. The van der Waals surface area contributed by atoms with E-state index in [1.807, 2.05) is 13.8 Å². The zero-order valence-electron chi connectivity index (χ0n) is 15.0. The summed E-state index contributed by atoms with van der Waals surface area (Å²) in [5.41, 5.74) is 2.17. The highest BCUT2D eigenvalue weighted by Gasteiger charge is 2.23. The molecule has 0 saturated carbocycles. The van der Waals surface area contributed by atoms with Gasteiger partial charge < -0.3 is 5.32 Å². The topological polar surface area (TPSA) is 79.4 Å². The number of rotatable bonds is 5. The predicted octanol–water partition coefficient (Wildman–Crippen LogP) is 3.83. The summed E-state index contributed by atoms with van der Waals surface area (Å²) in [5, 5.41) is 4.05. The van der Waals surface area contributed by atoms with Crippen molar-refractivity contribution in [3.63, 3.8) is 0 Å². The van der Waals surface area contributed by atoms with E-state index >= 15 is 0 Å². The minimum atomic E-state index is -3.80. The summed E-state index contributed by atoms with van der Waals surface area (Å²) < 4.78 is 27.4. The first-order valence-corrected chi connectivity index (χ1v) is 10.7. The van der Waals surface area contributed by atoms with Crippen molar-refractivity contribution < 1.29 is 13.2 Å². The van der Waals surface area contributed by atoms with Crippen LogP contribution in [0, 0.1) is 13.8 Å². The first-order valence-electron chi connectivity index (χ1n) is 8.06. The predicted molar refractivity (Wildman–Crippen MR) is 109 cm³/mol. The number of hydrogen-bond acceptors (Lipinski definition) is 5. The molecule has 0 radical (unpaired) electrons. The maximum atomic E-state index is 12.8. The molecule has 0 aliphatic rings. The molecule has 0 bridgehead atoms. The summed E-state index contributed by atoms with van der Waals surface area (Å²) in [6.07, 6.45) is 0. The number of carbonyl (C=O) groups is 1. The van der Waals surface area contributed by atoms with Crippen LogP contribution in [0.5, 0.6) is 0 Å². The second-order valence-electron chi connectivity index (χ2n) is 6.14. The van der Waals surface area contributed by atoms with Gasteiger partial charge in [-0.25, -0.2) is 13.4 Å². The molecule has 1 amide bonds. The van der Waals surface area contributed by atoms with Gasteiger partial charge in [0.2, 0.25) is 15.9 Å². The van der Waals surface area contributed by atoms with E-state index in [1.54, 1.807) is 30.3 Å². The number of aryl methyl sites for hydroxylation is 2. The van der Waals surface area contributed by atoms with Crippen molar-refractivity contribution in [1.82, 2.24) is 9.29 Å². The van der Waals surface area contributed by atoms with Gasteiger partial charge in [0, 0.05) is 17.8 Å². The fraction of sp³-hybridized carbons (Fsp3) is 0.222. The molecule has 1 aromatic heterocycles. The molecule has 142 valence electrons. The Morgan fingerprint density at radius 3 is 2.67 bits per heavy atom. The Labute approximate surface area is 166 Å². The van der Waals surface area contributed by atoms with Gasteiger partial charge in [0.05, 0.1) is 26.7 Å². The standard InChI is InChI=1S/C18H18ClN3O3S2/c1-11-4-5-13(8-15(11)19)21-18(23)10-22(3)27(24,25)14-6-7-16-17(9-14)26-12(2)20-16/h4-9H,10H2,1-3H3,(H,21,23). The molecule has 0 fully saturated rings. The Morgan fingerprint density at radius 2 is 1.96 bits per heavy atom. The Kier molecular flexibility index (Phi) is 5.53. The summed E-state index contributed by atoms with van der Waals surface area (Å²) in [7, 11) is -2.42. The van der Waals surface area contributed by atoms with E-state index in [0.29, 0.717) is 10.7 Å². The normalized spacial score (nSPS) is 11.9. The van der Waals surface area contributed by atoms with Crippen LogP contribution in [0.2, 0.25) is 5.02 Å². The number of hydrogen-bond donors (Lipinski definition) is 1. The van der Waals surface area contributed by atoms with Crippen LogP contribution in [0.25, 0.3) is 10.2 Å². The number of thiazole rings is 1. The highest BCUT2D eigenvalue weighted by atomic mass is 35.5. The van der Waals surface area contributed by atoms with Gasteiger partial charge in [0.25, 0.3) is 0 Å². The molecule has 9 heteroatoms. The van der Waals surface area contributed by atoms with Crippen molar-refractivity contribution in [2.24, 2.45) is 0 Å². The van der Waals surface area contributed by atoms with Crippen molar-refractivity contribution in [2.45, 2.75) is 18.7 Å². The van der Waals surface area contributed by atoms with Gasteiger partial charge in [0.15, 0.2) is 0 Å². The zero-order valence-corrected chi connectivity index (χ0v) is 17.4. The van der Waals surface area contributed by atoms with Crippen LogP contribution in [-0.4, -0.2) is 37.2 Å². The highest BCUT2D eigenvalue weighted by molar-refractivity contribution is 7.89. The molecule has 0 atom stereocenters. The number of benzene rings is 2. The molecular formula is C18H18ClN3O3S2. The number of likely N-dealkylation sites (N-methyl/N-ethyl adjacent to an activating group) is 1. The first-order chi connectivity index (χ1) is 12.7. The molecule has 1 N–H and O–H groups in total. The van der Waals surface area contributed by atoms with Crippen molar-refractivity contribution in [1.29, 1.82) is 0 Å². The molecule has 0 aliphatic heterocycles. The molecule has 27 heavy (non-hydrogen) atoms. The maximum absolute atomic E-state index is 12.8. The van der Waals surface area contributed by atoms with Gasteiger partial charge in [0.1, 0.15) is 0 Å². The number of amides is 1. The van der Waals surface area contributed by atoms with Crippen molar-refractivity contribution >= 4 is 54.8 Å². The Bertz CT molecular complexity index is 1130. The van der Waals surface area contributed by atoms with Crippen molar-refractivity contribution in [2.75, 3.05) is 18.9 Å². The quantitative estimate of drug-likeness (QED) is 0.676. The minimum Gasteiger partial charge on any atom is -0.325 e. The van der Waals surface area contributed by atoms with Gasteiger partial charge >= 0.3 is 0 Å². The fourth-order valence-electron chi connectivity index (χ4n) is 2.52. The Morgan fingerprint density at radius 1 is 1.22 bits per heavy atom. The van der Waals surface area contributed by atoms with Gasteiger partial charge in [-0.15, -0.1) is 11.3 Å². The SMILES string of the molecule is Cc1nc2ccc(S(=O)(=O)N(C)CC(=O)Nc3ccc(C)c(Cl)c3)cc2s1. The summed E-state index contributed by atoms with van der Waals surface area (Å²) in [6.45, 7) is 3.41. The zero-order chi connectivity index (χ0) is 19.8. The lowest BCUT2D eigenvalue weighted by Crippen LogP contribution is -2.34. The van der Waals surface area contributed by atoms with Crippen LogP contribution in [0.1, 0.15) is 10.6 Å². The van der Waals surface area contributed by atoms with Gasteiger partial charge in [-0.3, -0.25) is 4.79 Å². The molecule has 0 unspecified atom stereocenters. The average molecular weight is 424 g/mol.